The van der Waals surface area contributed by atoms with E-state index in [1.165, 1.54) is 5.56 Å². The van der Waals surface area contributed by atoms with E-state index in [1.54, 1.807) is 10.9 Å². The van der Waals surface area contributed by atoms with Crippen LogP contribution in [0, 0.1) is 6.92 Å². The minimum Gasteiger partial charge on any atom is -0.377 e. The number of nitrogens with zero attached hydrogens (tertiary/aromatic N) is 3. The topological polar surface area (TPSA) is 42.7 Å². The van der Waals surface area contributed by atoms with E-state index < -0.39 is 0 Å². The van der Waals surface area contributed by atoms with Crippen LogP contribution in [0.4, 0.5) is 5.69 Å². The third-order valence-electron chi connectivity index (χ3n) is 2.28. The Kier molecular flexibility index (Phi) is 3.24. The van der Waals surface area contributed by atoms with Gasteiger partial charge >= 0.3 is 0 Å². The molecule has 0 saturated heterocycles. The summed E-state index contributed by atoms with van der Waals surface area (Å²) in [5.74, 6) is 0. The van der Waals surface area contributed by atoms with E-state index >= 15 is 0 Å². The lowest BCUT2D eigenvalue weighted by atomic mass is 10.2. The van der Waals surface area contributed by atoms with Crippen LogP contribution in [0.5, 0.6) is 0 Å². The molecule has 16 heavy (non-hydrogen) atoms. The van der Waals surface area contributed by atoms with Crippen LogP contribution in [-0.2, 0) is 13.6 Å². The predicted molar refractivity (Wildman–Crippen MR) is 67.2 cm³/mol. The van der Waals surface area contributed by atoms with Gasteiger partial charge in [-0.3, -0.25) is 9.67 Å². The van der Waals surface area contributed by atoms with Gasteiger partial charge in [0.2, 0.25) is 0 Å². The quantitative estimate of drug-likeness (QED) is 0.940. The molecule has 0 radical (unpaired) electrons. The summed E-state index contributed by atoms with van der Waals surface area (Å²) < 4.78 is 2.81. The number of aromatic nitrogens is 3. The zero-order valence-corrected chi connectivity index (χ0v) is 10.8. The minimum atomic E-state index is 0.708. The number of hydrogen-bond acceptors (Lipinski definition) is 3. The lowest BCUT2D eigenvalue weighted by molar-refractivity contribution is 0.768. The molecule has 0 aromatic carbocycles. The summed E-state index contributed by atoms with van der Waals surface area (Å²) in [6.45, 7) is 2.76. The molecule has 1 N–H and O–H groups in total. The number of hydrogen-bond donors (Lipinski definition) is 1. The van der Waals surface area contributed by atoms with Gasteiger partial charge in [0.15, 0.2) is 0 Å². The average molecular weight is 281 g/mol. The molecule has 0 fully saturated rings. The minimum absolute atomic E-state index is 0.708. The van der Waals surface area contributed by atoms with Crippen LogP contribution in [0.3, 0.4) is 0 Å². The van der Waals surface area contributed by atoms with E-state index in [4.69, 9.17) is 0 Å². The Morgan fingerprint density at radius 1 is 1.44 bits per heavy atom. The number of pyridine rings is 1. The molecular formula is C11H13BrN4. The van der Waals surface area contributed by atoms with Crippen molar-refractivity contribution >= 4 is 21.6 Å². The molecular weight excluding hydrogens is 268 g/mol. The van der Waals surface area contributed by atoms with Crippen molar-refractivity contribution in [1.29, 1.82) is 0 Å². The molecule has 0 unspecified atom stereocenters. The number of aryl methyl sites for hydroxylation is 2. The number of nitrogens with one attached hydrogen (secondary N) is 1. The maximum absolute atomic E-state index is 4.32. The molecule has 0 bridgehead atoms. The van der Waals surface area contributed by atoms with Crippen molar-refractivity contribution in [3.8, 4) is 0 Å². The highest BCUT2D eigenvalue weighted by molar-refractivity contribution is 9.10. The molecule has 0 saturated carbocycles. The third-order valence-corrected chi connectivity index (χ3v) is 3.11. The van der Waals surface area contributed by atoms with Crippen molar-refractivity contribution in [3.05, 3.63) is 40.4 Å². The fraction of sp³-hybridized carbons (Fsp3) is 0.273. The van der Waals surface area contributed by atoms with Crippen LogP contribution in [0.1, 0.15) is 11.3 Å². The number of anilines is 1. The Labute approximate surface area is 103 Å². The molecule has 2 aromatic rings. The van der Waals surface area contributed by atoms with Crippen LogP contribution >= 0.6 is 15.9 Å². The maximum Gasteiger partial charge on any atom is 0.0729 e. The van der Waals surface area contributed by atoms with Gasteiger partial charge in [-0.1, -0.05) is 0 Å². The summed E-state index contributed by atoms with van der Waals surface area (Å²) in [6, 6.07) is 2.06. The van der Waals surface area contributed by atoms with Crippen molar-refractivity contribution in [1.82, 2.24) is 14.8 Å². The second-order valence-electron chi connectivity index (χ2n) is 3.68. The van der Waals surface area contributed by atoms with Crippen LogP contribution in [0.15, 0.2) is 29.1 Å². The lowest BCUT2D eigenvalue weighted by Gasteiger charge is -2.04. The lowest BCUT2D eigenvalue weighted by Crippen LogP contribution is -2.01. The molecule has 0 spiro atoms. The van der Waals surface area contributed by atoms with Crippen molar-refractivity contribution in [2.75, 3.05) is 5.32 Å². The van der Waals surface area contributed by atoms with E-state index in [-0.39, 0.29) is 0 Å². The summed E-state index contributed by atoms with van der Waals surface area (Å²) >= 11 is 3.43. The molecule has 0 amide bonds. The van der Waals surface area contributed by atoms with Gasteiger partial charge in [-0.2, -0.15) is 5.10 Å². The second-order valence-corrected chi connectivity index (χ2v) is 4.54. The number of halogens is 1. The standard InChI is InChI=1S/C11H13BrN4/c1-8-3-9(14-6-11(8)12)4-13-10-5-15-16(2)7-10/h3,5-7,13H,4H2,1-2H3. The molecule has 5 heteroatoms. The van der Waals surface area contributed by atoms with Gasteiger partial charge in [0.25, 0.3) is 0 Å². The van der Waals surface area contributed by atoms with Crippen molar-refractivity contribution < 1.29 is 0 Å². The van der Waals surface area contributed by atoms with Gasteiger partial charge in [-0.05, 0) is 34.5 Å². The van der Waals surface area contributed by atoms with Crippen molar-refractivity contribution in [3.63, 3.8) is 0 Å². The molecule has 2 heterocycles. The van der Waals surface area contributed by atoms with Gasteiger partial charge in [0, 0.05) is 23.9 Å². The van der Waals surface area contributed by atoms with E-state index in [1.807, 2.05) is 19.4 Å². The van der Waals surface area contributed by atoms with Gasteiger partial charge < -0.3 is 5.32 Å². The Bertz CT molecular complexity index is 492. The van der Waals surface area contributed by atoms with Gasteiger partial charge in [-0.25, -0.2) is 0 Å². The zero-order valence-electron chi connectivity index (χ0n) is 9.24. The molecule has 0 atom stereocenters. The summed E-state index contributed by atoms with van der Waals surface area (Å²) in [5.41, 5.74) is 3.22. The first-order valence-electron chi connectivity index (χ1n) is 4.98. The average Bonchev–Trinajstić information content (AvgIpc) is 2.66. The van der Waals surface area contributed by atoms with Crippen LogP contribution in [-0.4, -0.2) is 14.8 Å². The van der Waals surface area contributed by atoms with E-state index in [0.717, 1.165) is 15.9 Å². The van der Waals surface area contributed by atoms with Crippen molar-refractivity contribution in [2.45, 2.75) is 13.5 Å². The van der Waals surface area contributed by atoms with Crippen LogP contribution in [0.25, 0.3) is 0 Å². The monoisotopic (exact) mass is 280 g/mol. The van der Waals surface area contributed by atoms with E-state index in [2.05, 4.69) is 44.3 Å². The fourth-order valence-electron chi connectivity index (χ4n) is 1.40. The molecule has 2 aromatic heterocycles. The maximum atomic E-state index is 4.32. The van der Waals surface area contributed by atoms with Crippen LogP contribution in [0.2, 0.25) is 0 Å². The molecule has 0 aliphatic carbocycles. The first kappa shape index (κ1) is 11.1. The zero-order chi connectivity index (χ0) is 11.5. The summed E-state index contributed by atoms with van der Waals surface area (Å²) in [4.78, 5) is 4.32. The number of rotatable bonds is 3. The summed E-state index contributed by atoms with van der Waals surface area (Å²) in [5, 5.41) is 7.35. The largest absolute Gasteiger partial charge is 0.377 e. The van der Waals surface area contributed by atoms with Gasteiger partial charge in [0.05, 0.1) is 24.1 Å². The molecule has 2 rings (SSSR count). The molecule has 4 nitrogen and oxygen atoms in total. The highest BCUT2D eigenvalue weighted by Gasteiger charge is 2.00. The summed E-state index contributed by atoms with van der Waals surface area (Å²) in [6.07, 6.45) is 5.56. The SMILES string of the molecule is Cc1cc(CNc2cnn(C)c2)ncc1Br. The van der Waals surface area contributed by atoms with Crippen LogP contribution < -0.4 is 5.32 Å². The molecule has 0 aliphatic rings. The molecule has 84 valence electrons. The normalized spacial score (nSPS) is 10.4. The Balaban J connectivity index is 2.02. The Morgan fingerprint density at radius 2 is 2.25 bits per heavy atom. The second kappa shape index (κ2) is 4.65. The first-order valence-corrected chi connectivity index (χ1v) is 5.78. The first-order chi connectivity index (χ1) is 7.65. The Morgan fingerprint density at radius 3 is 2.88 bits per heavy atom. The fourth-order valence-corrected chi connectivity index (χ4v) is 1.62. The highest BCUT2D eigenvalue weighted by Crippen LogP contribution is 2.15. The van der Waals surface area contributed by atoms with Gasteiger partial charge in [0.1, 0.15) is 0 Å². The van der Waals surface area contributed by atoms with Gasteiger partial charge in [-0.15, -0.1) is 0 Å². The van der Waals surface area contributed by atoms with E-state index in [0.29, 0.717) is 6.54 Å². The smallest absolute Gasteiger partial charge is 0.0729 e. The van der Waals surface area contributed by atoms with E-state index in [9.17, 15) is 0 Å². The predicted octanol–water partition coefficient (Wildman–Crippen LogP) is 2.50. The summed E-state index contributed by atoms with van der Waals surface area (Å²) in [7, 11) is 1.90. The van der Waals surface area contributed by atoms with Crippen molar-refractivity contribution in [2.24, 2.45) is 7.05 Å². The molecule has 0 aliphatic heterocycles. The third kappa shape index (κ3) is 2.61. The highest BCUT2D eigenvalue weighted by atomic mass is 79.9. The Hall–Kier alpha value is -1.36.